The molecule has 7 nitrogen and oxygen atoms in total. The maximum Gasteiger partial charge on any atom is 0.260 e. The highest BCUT2D eigenvalue weighted by molar-refractivity contribution is 7.89. The van der Waals surface area contributed by atoms with Gasteiger partial charge in [-0.1, -0.05) is 51.2 Å². The minimum absolute atomic E-state index is 0. The van der Waals surface area contributed by atoms with E-state index in [0.29, 0.717) is 30.3 Å². The number of para-hydroxylation sites is 1. The highest BCUT2D eigenvalue weighted by atomic mass is 35.5. The van der Waals surface area contributed by atoms with E-state index in [2.05, 4.69) is 4.90 Å². The van der Waals surface area contributed by atoms with Gasteiger partial charge in [0.1, 0.15) is 0 Å². The van der Waals surface area contributed by atoms with Crippen molar-refractivity contribution >= 4 is 55.0 Å². The van der Waals surface area contributed by atoms with E-state index in [1.165, 1.54) is 11.3 Å². The smallest absolute Gasteiger partial charge is 0.260 e. The molecule has 0 aliphatic heterocycles. The molecule has 0 aliphatic carbocycles. The van der Waals surface area contributed by atoms with Crippen LogP contribution in [-0.2, 0) is 10.0 Å². The lowest BCUT2D eigenvalue weighted by atomic mass is 10.2. The van der Waals surface area contributed by atoms with Gasteiger partial charge in [-0.3, -0.25) is 9.69 Å². The number of hydrogen-bond donors (Lipinski definition) is 0. The summed E-state index contributed by atoms with van der Waals surface area (Å²) in [5.41, 5.74) is 1.30. The monoisotopic (exact) mass is 566 g/mol. The van der Waals surface area contributed by atoms with Gasteiger partial charge in [0.25, 0.3) is 5.91 Å². The van der Waals surface area contributed by atoms with Gasteiger partial charge in [0.15, 0.2) is 5.13 Å². The zero-order valence-corrected chi connectivity index (χ0v) is 25.0. The number of sulfonamides is 1. The summed E-state index contributed by atoms with van der Waals surface area (Å²) in [5.74, 6) is 0.241. The van der Waals surface area contributed by atoms with Crippen molar-refractivity contribution in [2.45, 2.75) is 39.0 Å². The maximum atomic E-state index is 13.6. The molecule has 0 radical (unpaired) electrons. The topological polar surface area (TPSA) is 73.8 Å². The number of carbonyl (C=O) groups is 1. The van der Waals surface area contributed by atoms with Crippen LogP contribution in [0.25, 0.3) is 10.2 Å². The molecule has 0 N–H and O–H groups in total. The molecule has 10 heteroatoms. The van der Waals surface area contributed by atoms with Gasteiger partial charge in [0, 0.05) is 25.2 Å². The van der Waals surface area contributed by atoms with Crippen molar-refractivity contribution in [1.29, 1.82) is 0 Å². The normalized spacial score (nSPS) is 12.1. The van der Waals surface area contributed by atoms with Crippen LogP contribution in [0.4, 0.5) is 5.13 Å². The molecule has 1 amide bonds. The van der Waals surface area contributed by atoms with E-state index in [0.717, 1.165) is 23.2 Å². The summed E-state index contributed by atoms with van der Waals surface area (Å²) >= 11 is 1.49. The summed E-state index contributed by atoms with van der Waals surface area (Å²) in [6.45, 7) is 10.3. The van der Waals surface area contributed by atoms with E-state index in [9.17, 15) is 13.2 Å². The quantitative estimate of drug-likeness (QED) is 0.284. The fourth-order valence-electron chi connectivity index (χ4n) is 3.96. The van der Waals surface area contributed by atoms with Crippen molar-refractivity contribution in [3.8, 4) is 0 Å². The second-order valence-corrected chi connectivity index (χ2v) is 13.2. The van der Waals surface area contributed by atoms with E-state index in [1.54, 1.807) is 33.5 Å². The molecule has 0 atom stereocenters. The SMILES string of the molecule is CC(C)CN(CC(C)C)S(=O)(=O)c1ccc(C(=O)N(CCCN(C)C)c2nc3ccccc3s2)cc1.Cl. The van der Waals surface area contributed by atoms with E-state index >= 15 is 0 Å². The number of fused-ring (bicyclic) bond motifs is 1. The molecule has 204 valence electrons. The molecular weight excluding hydrogens is 528 g/mol. The first-order chi connectivity index (χ1) is 17.0. The fourth-order valence-corrected chi connectivity index (χ4v) is 6.72. The molecular formula is C27H39ClN4O3S2. The molecule has 0 spiro atoms. The molecule has 0 saturated heterocycles. The number of benzene rings is 2. The van der Waals surface area contributed by atoms with Crippen molar-refractivity contribution in [2.24, 2.45) is 11.8 Å². The first-order valence-corrected chi connectivity index (χ1v) is 14.7. The number of halogens is 1. The van der Waals surface area contributed by atoms with Gasteiger partial charge in [-0.05, 0) is 75.3 Å². The van der Waals surface area contributed by atoms with Crippen molar-refractivity contribution in [3.05, 3.63) is 54.1 Å². The third kappa shape index (κ3) is 8.22. The van der Waals surface area contributed by atoms with Crippen molar-refractivity contribution in [3.63, 3.8) is 0 Å². The maximum absolute atomic E-state index is 13.6. The van der Waals surface area contributed by atoms with Crippen molar-refractivity contribution in [2.75, 3.05) is 45.2 Å². The van der Waals surface area contributed by atoms with E-state index < -0.39 is 10.0 Å². The molecule has 1 aromatic heterocycles. The van der Waals surface area contributed by atoms with Crippen LogP contribution in [0.3, 0.4) is 0 Å². The Morgan fingerprint density at radius 3 is 2.05 bits per heavy atom. The minimum atomic E-state index is -3.65. The number of rotatable bonds is 12. The van der Waals surface area contributed by atoms with Crippen LogP contribution < -0.4 is 4.90 Å². The highest BCUT2D eigenvalue weighted by Gasteiger charge is 2.27. The molecule has 0 bridgehead atoms. The third-order valence-electron chi connectivity index (χ3n) is 5.62. The number of anilines is 1. The lowest BCUT2D eigenvalue weighted by molar-refractivity contribution is 0.0986. The molecule has 0 fully saturated rings. The van der Waals surface area contributed by atoms with E-state index in [4.69, 9.17) is 4.98 Å². The first kappa shape index (κ1) is 31.2. The summed E-state index contributed by atoms with van der Waals surface area (Å²) in [7, 11) is 0.355. The summed E-state index contributed by atoms with van der Waals surface area (Å²) in [6, 6.07) is 14.2. The van der Waals surface area contributed by atoms with Crippen LogP contribution in [-0.4, -0.2) is 68.8 Å². The van der Waals surface area contributed by atoms with Gasteiger partial charge in [0.05, 0.1) is 15.1 Å². The van der Waals surface area contributed by atoms with Crippen LogP contribution in [0.1, 0.15) is 44.5 Å². The number of hydrogen-bond acceptors (Lipinski definition) is 6. The molecule has 0 unspecified atom stereocenters. The van der Waals surface area contributed by atoms with Crippen molar-refractivity contribution in [1.82, 2.24) is 14.2 Å². The van der Waals surface area contributed by atoms with Gasteiger partial charge < -0.3 is 4.90 Å². The Kier molecular flexibility index (Phi) is 11.5. The summed E-state index contributed by atoms with van der Waals surface area (Å²) in [5, 5.41) is 0.650. The Morgan fingerprint density at radius 2 is 1.51 bits per heavy atom. The van der Waals surface area contributed by atoms with Gasteiger partial charge >= 0.3 is 0 Å². The van der Waals surface area contributed by atoms with Crippen LogP contribution in [0.5, 0.6) is 0 Å². The molecule has 3 aromatic rings. The van der Waals surface area contributed by atoms with Crippen molar-refractivity contribution < 1.29 is 13.2 Å². The zero-order valence-electron chi connectivity index (χ0n) is 22.5. The van der Waals surface area contributed by atoms with E-state index in [1.807, 2.05) is 66.1 Å². The number of thiazole rings is 1. The second kappa shape index (κ2) is 13.7. The van der Waals surface area contributed by atoms with Gasteiger partial charge in [-0.15, -0.1) is 12.4 Å². The van der Waals surface area contributed by atoms with Crippen LogP contribution in [0, 0.1) is 11.8 Å². The van der Waals surface area contributed by atoms with Gasteiger partial charge in [-0.25, -0.2) is 13.4 Å². The van der Waals surface area contributed by atoms with Gasteiger partial charge in [-0.2, -0.15) is 4.31 Å². The zero-order chi connectivity index (χ0) is 26.5. The number of aromatic nitrogens is 1. The molecule has 37 heavy (non-hydrogen) atoms. The Balaban J connectivity index is 0.00000481. The average Bonchev–Trinajstić information content (AvgIpc) is 3.24. The summed E-state index contributed by atoms with van der Waals surface area (Å²) in [4.78, 5) is 22.3. The number of amides is 1. The molecule has 1 heterocycles. The highest BCUT2D eigenvalue weighted by Crippen LogP contribution is 2.30. The molecule has 0 saturated carbocycles. The molecule has 0 aliphatic rings. The van der Waals surface area contributed by atoms with Crippen LogP contribution >= 0.6 is 23.7 Å². The van der Waals surface area contributed by atoms with Crippen LogP contribution in [0.15, 0.2) is 53.4 Å². The summed E-state index contributed by atoms with van der Waals surface area (Å²) in [6.07, 6.45) is 0.792. The molecule has 3 rings (SSSR count). The Bertz CT molecular complexity index is 1220. The Morgan fingerprint density at radius 1 is 0.919 bits per heavy atom. The standard InChI is InChI=1S/C27H38N4O3S2.ClH/c1-20(2)18-30(19-21(3)4)36(33,34)23-14-12-22(13-15-23)26(32)31(17-9-16-29(5)6)27-28-24-10-7-8-11-25(24)35-27;/h7-8,10-15,20-21H,9,16-19H2,1-6H3;1H. The largest absolute Gasteiger partial charge is 0.309 e. The van der Waals surface area contributed by atoms with E-state index in [-0.39, 0.29) is 35.0 Å². The first-order valence-electron chi connectivity index (χ1n) is 12.4. The lowest BCUT2D eigenvalue weighted by Gasteiger charge is -2.26. The second-order valence-electron chi connectivity index (χ2n) is 10.2. The predicted molar refractivity (Wildman–Crippen MR) is 157 cm³/mol. The lowest BCUT2D eigenvalue weighted by Crippen LogP contribution is -2.37. The Hall–Kier alpha value is -2.04. The Labute approximate surface area is 231 Å². The predicted octanol–water partition coefficient (Wildman–Crippen LogP) is 5.62. The summed E-state index contributed by atoms with van der Waals surface area (Å²) < 4.78 is 29.3. The number of carbonyl (C=O) groups excluding carboxylic acids is 1. The molecule has 2 aromatic carbocycles. The van der Waals surface area contributed by atoms with Crippen LogP contribution in [0.2, 0.25) is 0 Å². The number of nitrogens with zero attached hydrogens (tertiary/aromatic N) is 4. The van der Waals surface area contributed by atoms with Gasteiger partial charge in [0.2, 0.25) is 10.0 Å². The fraction of sp³-hybridized carbons (Fsp3) is 0.481. The third-order valence-corrected chi connectivity index (χ3v) is 8.53. The minimum Gasteiger partial charge on any atom is -0.309 e. The average molecular weight is 567 g/mol.